The maximum atomic E-state index is 5.93. The van der Waals surface area contributed by atoms with Gasteiger partial charge in [0, 0.05) is 12.1 Å². The first kappa shape index (κ1) is 14.3. The fourth-order valence-corrected chi connectivity index (χ4v) is 2.31. The summed E-state index contributed by atoms with van der Waals surface area (Å²) in [5.41, 5.74) is 9.54. The van der Waals surface area contributed by atoms with Crippen LogP contribution in [0.1, 0.15) is 36.5 Å². The number of nitrogens with one attached hydrogen (secondary N) is 1. The highest BCUT2D eigenvalue weighted by Crippen LogP contribution is 2.26. The number of rotatable bonds is 5. The van der Waals surface area contributed by atoms with Gasteiger partial charge >= 0.3 is 0 Å². The van der Waals surface area contributed by atoms with Crippen molar-refractivity contribution in [1.29, 1.82) is 0 Å². The molecule has 0 radical (unpaired) electrons. The van der Waals surface area contributed by atoms with E-state index in [1.165, 1.54) is 17.5 Å². The number of nitrogen functional groups attached to an aromatic ring is 1. The second-order valence-electron chi connectivity index (χ2n) is 5.34. The number of anilines is 2. The minimum Gasteiger partial charge on any atom is -0.383 e. The molecule has 1 aromatic heterocycles. The molecule has 0 aliphatic carbocycles. The van der Waals surface area contributed by atoms with Gasteiger partial charge in [-0.2, -0.15) is 0 Å². The van der Waals surface area contributed by atoms with E-state index >= 15 is 0 Å². The van der Waals surface area contributed by atoms with E-state index in [9.17, 15) is 0 Å². The average molecular weight is 270 g/mol. The summed E-state index contributed by atoms with van der Waals surface area (Å²) < 4.78 is 0. The normalized spacial score (nSPS) is 10.8. The molecule has 0 unspecified atom stereocenters. The molecule has 106 valence electrons. The van der Waals surface area contributed by atoms with E-state index in [1.54, 1.807) is 0 Å². The van der Waals surface area contributed by atoms with Gasteiger partial charge in [0.2, 0.25) is 0 Å². The van der Waals surface area contributed by atoms with Crippen LogP contribution < -0.4 is 11.1 Å². The quantitative estimate of drug-likeness (QED) is 0.876. The predicted molar refractivity (Wildman–Crippen MR) is 83.9 cm³/mol. The summed E-state index contributed by atoms with van der Waals surface area (Å²) in [5, 5.41) is 3.37. The first-order valence-corrected chi connectivity index (χ1v) is 6.97. The Morgan fingerprint density at radius 1 is 1.25 bits per heavy atom. The van der Waals surface area contributed by atoms with Gasteiger partial charge in [-0.05, 0) is 24.8 Å². The standard InChI is InChI=1S/C16H22N4/c1-11(2)14-15(17)19-10-20-16(14)18-8-7-13-6-4-5-12(3)9-13/h4-6,9-11H,7-8H2,1-3H3,(H3,17,18,19,20). The highest BCUT2D eigenvalue weighted by molar-refractivity contribution is 5.56. The summed E-state index contributed by atoms with van der Waals surface area (Å²) in [6, 6.07) is 8.55. The molecule has 4 heteroatoms. The van der Waals surface area contributed by atoms with Crippen molar-refractivity contribution in [2.45, 2.75) is 33.1 Å². The lowest BCUT2D eigenvalue weighted by Crippen LogP contribution is -2.12. The van der Waals surface area contributed by atoms with Gasteiger partial charge in [-0.1, -0.05) is 43.7 Å². The maximum absolute atomic E-state index is 5.93. The third kappa shape index (κ3) is 3.47. The molecular formula is C16H22N4. The molecule has 0 bridgehead atoms. The van der Waals surface area contributed by atoms with E-state index in [0.29, 0.717) is 11.7 Å². The zero-order valence-corrected chi connectivity index (χ0v) is 12.4. The summed E-state index contributed by atoms with van der Waals surface area (Å²) in [4.78, 5) is 8.37. The van der Waals surface area contributed by atoms with E-state index in [1.807, 2.05) is 0 Å². The minimum absolute atomic E-state index is 0.303. The molecule has 0 saturated heterocycles. The van der Waals surface area contributed by atoms with Crippen LogP contribution in [0.2, 0.25) is 0 Å². The number of benzene rings is 1. The molecule has 0 atom stereocenters. The molecule has 0 aliphatic heterocycles. The Kier molecular flexibility index (Phi) is 4.56. The third-order valence-corrected chi connectivity index (χ3v) is 3.28. The highest BCUT2D eigenvalue weighted by atomic mass is 15.0. The van der Waals surface area contributed by atoms with Crippen LogP contribution in [0.15, 0.2) is 30.6 Å². The highest BCUT2D eigenvalue weighted by Gasteiger charge is 2.12. The van der Waals surface area contributed by atoms with Crippen molar-refractivity contribution in [1.82, 2.24) is 9.97 Å². The molecule has 0 amide bonds. The van der Waals surface area contributed by atoms with Gasteiger partial charge in [0.25, 0.3) is 0 Å². The molecular weight excluding hydrogens is 248 g/mol. The van der Waals surface area contributed by atoms with Crippen LogP contribution in [0, 0.1) is 6.92 Å². The Labute approximate surface area is 120 Å². The molecule has 0 fully saturated rings. The van der Waals surface area contributed by atoms with Crippen LogP contribution in [0.5, 0.6) is 0 Å². The van der Waals surface area contributed by atoms with Gasteiger partial charge in [-0.3, -0.25) is 0 Å². The molecule has 0 spiro atoms. The predicted octanol–water partition coefficient (Wildman–Crippen LogP) is 3.15. The molecule has 1 aromatic carbocycles. The fourth-order valence-electron chi connectivity index (χ4n) is 2.31. The zero-order valence-electron chi connectivity index (χ0n) is 12.4. The van der Waals surface area contributed by atoms with Crippen molar-refractivity contribution < 1.29 is 0 Å². The summed E-state index contributed by atoms with van der Waals surface area (Å²) in [5.74, 6) is 1.71. The van der Waals surface area contributed by atoms with E-state index in [2.05, 4.69) is 60.3 Å². The molecule has 20 heavy (non-hydrogen) atoms. The monoisotopic (exact) mass is 270 g/mol. The largest absolute Gasteiger partial charge is 0.383 e. The topological polar surface area (TPSA) is 63.8 Å². The molecule has 2 rings (SSSR count). The first-order valence-electron chi connectivity index (χ1n) is 6.97. The Hall–Kier alpha value is -2.10. The van der Waals surface area contributed by atoms with Gasteiger partial charge in [0.1, 0.15) is 18.0 Å². The van der Waals surface area contributed by atoms with E-state index < -0.39 is 0 Å². The molecule has 4 nitrogen and oxygen atoms in total. The molecule has 0 aliphatic rings. The minimum atomic E-state index is 0.303. The van der Waals surface area contributed by atoms with Crippen LogP contribution in [-0.4, -0.2) is 16.5 Å². The molecule has 1 heterocycles. The second-order valence-corrected chi connectivity index (χ2v) is 5.34. The average Bonchev–Trinajstić information content (AvgIpc) is 2.38. The Bertz CT molecular complexity index is 578. The number of aryl methyl sites for hydroxylation is 1. The van der Waals surface area contributed by atoms with Gasteiger partial charge in [0.05, 0.1) is 0 Å². The van der Waals surface area contributed by atoms with Crippen LogP contribution in [-0.2, 0) is 6.42 Å². The second kappa shape index (κ2) is 6.37. The van der Waals surface area contributed by atoms with Crippen molar-refractivity contribution in [3.05, 3.63) is 47.3 Å². The van der Waals surface area contributed by atoms with E-state index in [0.717, 1.165) is 24.3 Å². The van der Waals surface area contributed by atoms with Crippen LogP contribution in [0.25, 0.3) is 0 Å². The van der Waals surface area contributed by atoms with Gasteiger partial charge in [0.15, 0.2) is 0 Å². The SMILES string of the molecule is Cc1cccc(CCNc2ncnc(N)c2C(C)C)c1. The maximum Gasteiger partial charge on any atom is 0.134 e. The molecule has 2 aromatic rings. The molecule has 0 saturated carbocycles. The van der Waals surface area contributed by atoms with Crippen molar-refractivity contribution in [2.24, 2.45) is 0 Å². The first-order chi connectivity index (χ1) is 9.58. The van der Waals surface area contributed by atoms with E-state index in [-0.39, 0.29) is 0 Å². The summed E-state index contributed by atoms with van der Waals surface area (Å²) in [6.45, 7) is 7.14. The Morgan fingerprint density at radius 2 is 2.05 bits per heavy atom. The third-order valence-electron chi connectivity index (χ3n) is 3.28. The number of aromatic nitrogens is 2. The van der Waals surface area contributed by atoms with Crippen molar-refractivity contribution in [2.75, 3.05) is 17.6 Å². The van der Waals surface area contributed by atoms with Crippen LogP contribution >= 0.6 is 0 Å². The van der Waals surface area contributed by atoms with Crippen molar-refractivity contribution >= 4 is 11.6 Å². The summed E-state index contributed by atoms with van der Waals surface area (Å²) in [7, 11) is 0. The molecule has 3 N–H and O–H groups in total. The summed E-state index contributed by atoms with van der Waals surface area (Å²) >= 11 is 0. The van der Waals surface area contributed by atoms with Gasteiger partial charge < -0.3 is 11.1 Å². The van der Waals surface area contributed by atoms with Gasteiger partial charge in [-0.25, -0.2) is 9.97 Å². The Balaban J connectivity index is 2.03. The number of nitrogens with zero attached hydrogens (tertiary/aromatic N) is 2. The van der Waals surface area contributed by atoms with Gasteiger partial charge in [-0.15, -0.1) is 0 Å². The lowest BCUT2D eigenvalue weighted by Gasteiger charge is -2.14. The summed E-state index contributed by atoms with van der Waals surface area (Å²) in [6.07, 6.45) is 2.47. The van der Waals surface area contributed by atoms with Crippen molar-refractivity contribution in [3.63, 3.8) is 0 Å². The fraction of sp³-hybridized carbons (Fsp3) is 0.375. The van der Waals surface area contributed by atoms with Crippen LogP contribution in [0.4, 0.5) is 11.6 Å². The van der Waals surface area contributed by atoms with Crippen molar-refractivity contribution in [3.8, 4) is 0 Å². The smallest absolute Gasteiger partial charge is 0.134 e. The lowest BCUT2D eigenvalue weighted by atomic mass is 10.0. The number of hydrogen-bond acceptors (Lipinski definition) is 4. The van der Waals surface area contributed by atoms with E-state index in [4.69, 9.17) is 5.73 Å². The lowest BCUT2D eigenvalue weighted by molar-refractivity contribution is 0.847. The van der Waals surface area contributed by atoms with Crippen LogP contribution in [0.3, 0.4) is 0 Å². The number of nitrogens with two attached hydrogens (primary N) is 1. The Morgan fingerprint density at radius 3 is 2.75 bits per heavy atom. The number of hydrogen-bond donors (Lipinski definition) is 2. The zero-order chi connectivity index (χ0) is 14.5.